The molecule has 29 heavy (non-hydrogen) atoms. The summed E-state index contributed by atoms with van der Waals surface area (Å²) in [5, 5.41) is 10.7. The second-order valence-electron chi connectivity index (χ2n) is 6.27. The molecule has 1 saturated heterocycles. The van der Waals surface area contributed by atoms with Gasteiger partial charge in [-0.1, -0.05) is 0 Å². The van der Waals surface area contributed by atoms with Gasteiger partial charge in [-0.25, -0.2) is 13.2 Å². The number of carbonyl (C=O) groups is 1. The summed E-state index contributed by atoms with van der Waals surface area (Å²) in [7, 11) is -3.85. The minimum absolute atomic E-state index is 0.0472. The third-order valence-corrected chi connectivity index (χ3v) is 6.39. The monoisotopic (exact) mass is 423 g/mol. The molecule has 12 nitrogen and oxygen atoms in total. The lowest BCUT2D eigenvalue weighted by Crippen LogP contribution is -2.51. The Kier molecular flexibility index (Phi) is 5.61. The van der Waals surface area contributed by atoms with Crippen LogP contribution in [-0.2, 0) is 21.4 Å². The van der Waals surface area contributed by atoms with Gasteiger partial charge in [-0.15, -0.1) is 0 Å². The summed E-state index contributed by atoms with van der Waals surface area (Å²) in [6, 6.07) is 5.72. The van der Waals surface area contributed by atoms with Gasteiger partial charge in [0.1, 0.15) is 6.54 Å². The molecule has 0 bridgehead atoms. The van der Waals surface area contributed by atoms with Gasteiger partial charge in [0.15, 0.2) is 0 Å². The van der Waals surface area contributed by atoms with Crippen molar-refractivity contribution in [1.82, 2.24) is 18.8 Å². The number of non-ortho nitro benzene ring substituents is 1. The van der Waals surface area contributed by atoms with E-state index in [0.29, 0.717) is 0 Å². The van der Waals surface area contributed by atoms with Crippen molar-refractivity contribution < 1.29 is 18.1 Å². The fraction of sp³-hybridized carbons (Fsp3) is 0.312. The van der Waals surface area contributed by atoms with Gasteiger partial charge >= 0.3 is 5.69 Å². The van der Waals surface area contributed by atoms with Crippen LogP contribution >= 0.6 is 0 Å². The Labute approximate surface area is 164 Å². The lowest BCUT2D eigenvalue weighted by atomic mass is 10.3. The van der Waals surface area contributed by atoms with Crippen LogP contribution in [-0.4, -0.2) is 64.2 Å². The molecule has 1 aliphatic rings. The van der Waals surface area contributed by atoms with E-state index in [4.69, 9.17) is 0 Å². The molecule has 2 heterocycles. The van der Waals surface area contributed by atoms with Gasteiger partial charge in [0.2, 0.25) is 15.9 Å². The lowest BCUT2D eigenvalue weighted by molar-refractivity contribution is -0.384. The molecule has 0 saturated carbocycles. The molecular weight excluding hydrogens is 406 g/mol. The van der Waals surface area contributed by atoms with E-state index >= 15 is 0 Å². The van der Waals surface area contributed by atoms with Gasteiger partial charge in [-0.3, -0.25) is 29.3 Å². The molecule has 2 aromatic rings. The maximum atomic E-state index is 12.7. The van der Waals surface area contributed by atoms with Crippen molar-refractivity contribution in [2.24, 2.45) is 0 Å². The minimum atomic E-state index is -3.85. The summed E-state index contributed by atoms with van der Waals surface area (Å²) in [6.07, 6.45) is 1.22. The van der Waals surface area contributed by atoms with Crippen LogP contribution in [0.15, 0.2) is 51.0 Å². The van der Waals surface area contributed by atoms with Crippen LogP contribution < -0.4 is 11.2 Å². The Morgan fingerprint density at radius 2 is 1.69 bits per heavy atom. The maximum absolute atomic E-state index is 12.7. The summed E-state index contributed by atoms with van der Waals surface area (Å²) in [6.45, 7) is 0.0776. The summed E-state index contributed by atoms with van der Waals surface area (Å²) in [5.74, 6) is -0.383. The first-order valence-corrected chi connectivity index (χ1v) is 9.94. The number of benzene rings is 1. The lowest BCUT2D eigenvalue weighted by Gasteiger charge is -2.34. The smallest absolute Gasteiger partial charge is 0.328 e. The quantitative estimate of drug-likeness (QED) is 0.476. The number of aromatic nitrogens is 2. The number of hydrogen-bond donors (Lipinski definition) is 1. The number of hydrogen-bond acceptors (Lipinski definition) is 7. The molecule has 13 heteroatoms. The Morgan fingerprint density at radius 1 is 1.07 bits per heavy atom. The van der Waals surface area contributed by atoms with Crippen LogP contribution in [0.4, 0.5) is 5.69 Å². The highest BCUT2D eigenvalue weighted by Gasteiger charge is 2.30. The number of nitrogens with one attached hydrogen (secondary N) is 1. The second-order valence-corrected chi connectivity index (χ2v) is 8.21. The van der Waals surface area contributed by atoms with Crippen molar-refractivity contribution >= 4 is 21.6 Å². The van der Waals surface area contributed by atoms with Crippen molar-refractivity contribution in [3.63, 3.8) is 0 Å². The largest absolute Gasteiger partial charge is 0.338 e. The third kappa shape index (κ3) is 4.41. The second kappa shape index (κ2) is 7.97. The maximum Gasteiger partial charge on any atom is 0.328 e. The SMILES string of the molecule is O=C(Cn1ccc(=O)[nH]c1=O)N1CCN(S(=O)(=O)c2ccc([N+](=O)[O-])cc2)CC1. The number of H-pyrrole nitrogens is 1. The van der Waals surface area contributed by atoms with E-state index in [1.165, 1.54) is 27.5 Å². The molecule has 1 aliphatic heterocycles. The first-order valence-electron chi connectivity index (χ1n) is 8.50. The van der Waals surface area contributed by atoms with Crippen LogP contribution in [0.25, 0.3) is 0 Å². The zero-order valence-electron chi connectivity index (χ0n) is 15.1. The number of nitro groups is 1. The number of aromatic amines is 1. The number of carbonyl (C=O) groups excluding carboxylic acids is 1. The van der Waals surface area contributed by atoms with E-state index in [-0.39, 0.29) is 49.2 Å². The van der Waals surface area contributed by atoms with Crippen molar-refractivity contribution in [1.29, 1.82) is 0 Å². The van der Waals surface area contributed by atoms with Crippen molar-refractivity contribution in [3.05, 3.63) is 67.5 Å². The number of amides is 1. The number of piperazine rings is 1. The molecule has 1 aromatic heterocycles. The average molecular weight is 423 g/mol. The molecular formula is C16H17N5O7S. The third-order valence-electron chi connectivity index (χ3n) is 4.48. The summed E-state index contributed by atoms with van der Waals surface area (Å²) in [5.41, 5.74) is -1.48. The van der Waals surface area contributed by atoms with Gasteiger partial charge in [0.25, 0.3) is 11.2 Å². The van der Waals surface area contributed by atoms with Crippen LogP contribution in [0, 0.1) is 10.1 Å². The highest BCUT2D eigenvalue weighted by Crippen LogP contribution is 2.20. The predicted molar refractivity (Wildman–Crippen MR) is 99.8 cm³/mol. The molecule has 0 aliphatic carbocycles. The van der Waals surface area contributed by atoms with Gasteiger partial charge in [0.05, 0.1) is 9.82 Å². The van der Waals surface area contributed by atoms with Crippen LogP contribution in [0.1, 0.15) is 0 Å². The van der Waals surface area contributed by atoms with Crippen LogP contribution in [0.5, 0.6) is 0 Å². The molecule has 0 unspecified atom stereocenters. The molecule has 3 rings (SSSR count). The van der Waals surface area contributed by atoms with Gasteiger partial charge in [-0.05, 0) is 12.1 Å². The van der Waals surface area contributed by atoms with E-state index in [0.717, 1.165) is 22.8 Å². The van der Waals surface area contributed by atoms with Crippen molar-refractivity contribution in [2.75, 3.05) is 26.2 Å². The highest BCUT2D eigenvalue weighted by molar-refractivity contribution is 7.89. The Morgan fingerprint density at radius 3 is 2.24 bits per heavy atom. The van der Waals surface area contributed by atoms with E-state index < -0.39 is 26.2 Å². The van der Waals surface area contributed by atoms with E-state index in [1.807, 2.05) is 0 Å². The molecule has 0 spiro atoms. The zero-order chi connectivity index (χ0) is 21.2. The van der Waals surface area contributed by atoms with Crippen LogP contribution in [0.2, 0.25) is 0 Å². The van der Waals surface area contributed by atoms with Crippen LogP contribution in [0.3, 0.4) is 0 Å². The van der Waals surface area contributed by atoms with Crippen molar-refractivity contribution in [2.45, 2.75) is 11.4 Å². The van der Waals surface area contributed by atoms with E-state index in [1.54, 1.807) is 0 Å². The first kappa shape index (κ1) is 20.4. The molecule has 1 aromatic carbocycles. The Balaban J connectivity index is 1.64. The number of nitro benzene ring substituents is 1. The number of rotatable bonds is 5. The normalized spacial score (nSPS) is 15.2. The topological polar surface area (TPSA) is 156 Å². The van der Waals surface area contributed by atoms with Gasteiger partial charge < -0.3 is 4.90 Å². The van der Waals surface area contributed by atoms with E-state index in [2.05, 4.69) is 4.98 Å². The molecule has 0 radical (unpaired) electrons. The molecule has 1 fully saturated rings. The standard InChI is InChI=1S/C16H17N5O7S/c22-14-5-6-19(16(24)17-14)11-15(23)18-7-9-20(10-8-18)29(27,28)13-3-1-12(2-4-13)21(25)26/h1-6H,7-11H2,(H,17,22,24). The Hall–Kier alpha value is -3.32. The fourth-order valence-electron chi connectivity index (χ4n) is 2.88. The molecule has 1 N–H and O–H groups in total. The fourth-order valence-corrected chi connectivity index (χ4v) is 4.30. The highest BCUT2D eigenvalue weighted by atomic mass is 32.2. The first-order chi connectivity index (χ1) is 13.7. The van der Waals surface area contributed by atoms with Gasteiger partial charge in [-0.2, -0.15) is 4.31 Å². The van der Waals surface area contributed by atoms with Gasteiger partial charge in [0, 0.05) is 50.6 Å². The van der Waals surface area contributed by atoms with Crippen molar-refractivity contribution in [3.8, 4) is 0 Å². The average Bonchev–Trinajstić information content (AvgIpc) is 2.70. The summed E-state index contributed by atoms with van der Waals surface area (Å²) < 4.78 is 27.6. The number of nitrogens with zero attached hydrogens (tertiary/aromatic N) is 4. The Bertz CT molecular complexity index is 1150. The zero-order valence-corrected chi connectivity index (χ0v) is 15.9. The molecule has 0 atom stereocenters. The minimum Gasteiger partial charge on any atom is -0.338 e. The number of sulfonamides is 1. The predicted octanol–water partition coefficient (Wildman–Crippen LogP) is -1.02. The molecule has 1 amide bonds. The summed E-state index contributed by atoms with van der Waals surface area (Å²) >= 11 is 0. The summed E-state index contributed by atoms with van der Waals surface area (Å²) in [4.78, 5) is 48.6. The van der Waals surface area contributed by atoms with E-state index in [9.17, 15) is 32.9 Å². The molecule has 154 valence electrons.